The molecule has 200 valence electrons. The van der Waals surface area contributed by atoms with E-state index in [1.807, 2.05) is 6.92 Å². The Hall–Kier alpha value is -3.47. The monoisotopic (exact) mass is 554 g/mol. The summed E-state index contributed by atoms with van der Waals surface area (Å²) < 4.78 is 62.8. The molecule has 37 heavy (non-hydrogen) atoms. The summed E-state index contributed by atoms with van der Waals surface area (Å²) in [6.45, 7) is 4.07. The van der Waals surface area contributed by atoms with E-state index >= 15 is 0 Å². The number of nitrogens with zero attached hydrogens (tertiary/aromatic N) is 4. The van der Waals surface area contributed by atoms with Crippen molar-refractivity contribution in [2.45, 2.75) is 49.3 Å². The molecular weight excluding hydrogens is 528 g/mol. The fourth-order valence-corrected chi connectivity index (χ4v) is 5.66. The molecule has 1 heterocycles. The van der Waals surface area contributed by atoms with E-state index in [0.717, 1.165) is 31.7 Å². The van der Waals surface area contributed by atoms with Crippen molar-refractivity contribution in [3.05, 3.63) is 30.1 Å². The number of rotatable bonds is 12. The largest absolute Gasteiger partial charge is 0.505 e. The maximum atomic E-state index is 13.2. The van der Waals surface area contributed by atoms with Gasteiger partial charge in [-0.1, -0.05) is 45.2 Å². The zero-order valence-electron chi connectivity index (χ0n) is 19.9. The second kappa shape index (κ2) is 11.3. The number of carboxylic acids is 1. The molecule has 0 saturated carbocycles. The first-order valence-electron chi connectivity index (χ1n) is 11.2. The molecule has 0 aliphatic carbocycles. The van der Waals surface area contributed by atoms with E-state index in [2.05, 4.69) is 37.1 Å². The van der Waals surface area contributed by atoms with Gasteiger partial charge in [-0.3, -0.25) is 9.65 Å². The Morgan fingerprint density at radius 2 is 1.89 bits per heavy atom. The number of sulfonamides is 1. The number of hydrogen-bond acceptors (Lipinski definition) is 10. The van der Waals surface area contributed by atoms with E-state index < -0.39 is 64.5 Å². The summed E-state index contributed by atoms with van der Waals surface area (Å²) in [5, 5.41) is 32.0. The van der Waals surface area contributed by atoms with Crippen molar-refractivity contribution >= 4 is 48.5 Å². The molecule has 14 nitrogen and oxygen atoms in total. The molecule has 0 saturated heterocycles. The quantitative estimate of drug-likeness (QED) is 0.124. The van der Waals surface area contributed by atoms with Crippen molar-refractivity contribution in [2.75, 3.05) is 6.54 Å². The number of hydrogen-bond donors (Lipinski definition) is 5. The Morgan fingerprint density at radius 1 is 1.16 bits per heavy atom. The zero-order valence-corrected chi connectivity index (χ0v) is 21.5. The predicted octanol–water partition coefficient (Wildman–Crippen LogP) is 3.52. The van der Waals surface area contributed by atoms with Crippen molar-refractivity contribution < 1.29 is 36.4 Å². The zero-order chi connectivity index (χ0) is 27.4. The lowest BCUT2D eigenvalue weighted by atomic mass is 10.0. The smallest absolute Gasteiger partial charge is 0.373 e. The number of azo groups is 1. The normalized spacial score (nSPS) is 13.4. The average Bonchev–Trinajstić information content (AvgIpc) is 3.31. The van der Waals surface area contributed by atoms with Gasteiger partial charge in [0.2, 0.25) is 15.8 Å². The molecule has 0 amide bonds. The van der Waals surface area contributed by atoms with Crippen LogP contribution < -0.4 is 4.72 Å². The van der Waals surface area contributed by atoms with Gasteiger partial charge in [-0.05, 0) is 24.5 Å². The first kappa shape index (κ1) is 28.1. The van der Waals surface area contributed by atoms with Gasteiger partial charge >= 0.3 is 5.97 Å². The van der Waals surface area contributed by atoms with E-state index in [1.165, 1.54) is 18.2 Å². The fraction of sp³-hybridized carbons (Fsp3) is 0.381. The van der Waals surface area contributed by atoms with Crippen LogP contribution in [-0.4, -0.2) is 59.3 Å². The maximum Gasteiger partial charge on any atom is 0.373 e. The second-order valence-electron chi connectivity index (χ2n) is 8.34. The summed E-state index contributed by atoms with van der Waals surface area (Å²) in [4.78, 5) is 13.3. The molecule has 2 aromatic carbocycles. The van der Waals surface area contributed by atoms with E-state index in [1.54, 1.807) is 0 Å². The third-order valence-corrected chi connectivity index (χ3v) is 7.81. The van der Waals surface area contributed by atoms with Crippen LogP contribution in [0.5, 0.6) is 5.75 Å². The molecule has 3 rings (SSSR count). The van der Waals surface area contributed by atoms with Gasteiger partial charge in [0.25, 0.3) is 16.1 Å². The number of carbonyl (C=O) groups is 1. The number of aromatic nitrogens is 3. The first-order chi connectivity index (χ1) is 17.3. The summed E-state index contributed by atoms with van der Waals surface area (Å²) in [6, 6.07) is 4.47. The van der Waals surface area contributed by atoms with E-state index in [0.29, 0.717) is 0 Å². The van der Waals surface area contributed by atoms with Crippen molar-refractivity contribution in [1.82, 2.24) is 19.9 Å². The van der Waals surface area contributed by atoms with Crippen LogP contribution in [0.2, 0.25) is 0 Å². The number of phenols is 1. The van der Waals surface area contributed by atoms with Gasteiger partial charge in [0.1, 0.15) is 10.6 Å². The molecule has 3 aromatic rings. The number of benzene rings is 2. The van der Waals surface area contributed by atoms with Crippen LogP contribution in [0.3, 0.4) is 0 Å². The Morgan fingerprint density at radius 3 is 2.51 bits per heavy atom. The molecule has 0 bridgehead atoms. The Labute approximate surface area is 212 Å². The van der Waals surface area contributed by atoms with Crippen molar-refractivity contribution in [1.29, 1.82) is 0 Å². The Bertz CT molecular complexity index is 1550. The van der Waals surface area contributed by atoms with Gasteiger partial charge in [0.15, 0.2) is 5.75 Å². The molecular formula is C21H26N6O8S2. The highest BCUT2D eigenvalue weighted by atomic mass is 32.2. The van der Waals surface area contributed by atoms with Crippen LogP contribution in [-0.2, 0) is 20.1 Å². The van der Waals surface area contributed by atoms with Gasteiger partial charge in [-0.15, -0.1) is 15.3 Å². The molecule has 0 radical (unpaired) electrons. The van der Waals surface area contributed by atoms with Gasteiger partial charge in [-0.25, -0.2) is 17.9 Å². The lowest BCUT2D eigenvalue weighted by Crippen LogP contribution is -2.28. The van der Waals surface area contributed by atoms with Crippen molar-refractivity contribution in [3.63, 3.8) is 0 Å². The van der Waals surface area contributed by atoms with Crippen LogP contribution in [0.15, 0.2) is 44.3 Å². The fourth-order valence-electron chi connectivity index (χ4n) is 3.56. The number of nitrogens with one attached hydrogen (secondary N) is 2. The topological polar surface area (TPSA) is 224 Å². The number of fused-ring (bicyclic) bond motifs is 1. The molecule has 0 spiro atoms. The number of unbranched alkanes of at least 4 members (excludes halogenated alkanes) is 2. The molecule has 1 unspecified atom stereocenters. The summed E-state index contributed by atoms with van der Waals surface area (Å²) in [7, 11) is -9.14. The van der Waals surface area contributed by atoms with Gasteiger partial charge in [0, 0.05) is 17.3 Å². The standard InChI is InChI=1S/C21H26N6O8S2/c1-3-4-5-7-12(2)11-22-36(31,32)15-9-6-8-13-16(37(33,34)35)10-14(18(28)17(13)15)24-26-21-23-19(20(29)30)25-27-21/h6,8-10,12,22,28H,3-5,7,11H2,1-2H3,(H,29,30)(H,23,25,27)(H,33,34,35). The lowest BCUT2D eigenvalue weighted by molar-refractivity contribution is 0.0684. The Kier molecular flexibility index (Phi) is 8.57. The summed E-state index contributed by atoms with van der Waals surface area (Å²) in [5.74, 6) is -3.13. The summed E-state index contributed by atoms with van der Waals surface area (Å²) >= 11 is 0. The minimum Gasteiger partial charge on any atom is -0.505 e. The summed E-state index contributed by atoms with van der Waals surface area (Å²) in [5.41, 5.74) is -0.530. The SMILES string of the molecule is CCCCCC(C)CNS(=O)(=O)c1cccc2c(S(=O)(=O)O)cc(N=Nc3n[nH]c(C(=O)O)n3)c(O)c12. The van der Waals surface area contributed by atoms with Crippen LogP contribution in [0.1, 0.15) is 50.1 Å². The minimum absolute atomic E-state index is 0.0275. The highest BCUT2D eigenvalue weighted by Gasteiger charge is 2.26. The third kappa shape index (κ3) is 6.65. The minimum atomic E-state index is -4.90. The predicted molar refractivity (Wildman–Crippen MR) is 131 cm³/mol. The average molecular weight is 555 g/mol. The second-order valence-corrected chi connectivity index (χ2v) is 11.5. The van der Waals surface area contributed by atoms with Gasteiger partial charge < -0.3 is 10.2 Å². The number of carboxylic acid groups (broad SMARTS) is 1. The molecule has 0 fully saturated rings. The summed E-state index contributed by atoms with van der Waals surface area (Å²) in [6.07, 6.45) is 3.80. The number of phenolic OH excluding ortho intramolecular Hbond substituents is 1. The van der Waals surface area contributed by atoms with Crippen LogP contribution in [0.4, 0.5) is 11.6 Å². The lowest BCUT2D eigenvalue weighted by Gasteiger charge is -2.16. The molecule has 0 aliphatic rings. The third-order valence-electron chi connectivity index (χ3n) is 5.45. The van der Waals surface area contributed by atoms with Gasteiger partial charge in [0.05, 0.1) is 4.90 Å². The van der Waals surface area contributed by atoms with E-state index in [4.69, 9.17) is 5.11 Å². The van der Waals surface area contributed by atoms with Crippen molar-refractivity contribution in [3.8, 4) is 5.75 Å². The number of aromatic carboxylic acids is 1. The molecule has 1 atom stereocenters. The van der Waals surface area contributed by atoms with Gasteiger partial charge in [-0.2, -0.15) is 13.4 Å². The molecule has 0 aliphatic heterocycles. The number of H-pyrrole nitrogens is 1. The maximum absolute atomic E-state index is 13.2. The van der Waals surface area contributed by atoms with Crippen LogP contribution in [0.25, 0.3) is 10.8 Å². The van der Waals surface area contributed by atoms with Crippen LogP contribution in [0, 0.1) is 5.92 Å². The van der Waals surface area contributed by atoms with Crippen LogP contribution >= 0.6 is 0 Å². The number of aromatic amines is 1. The molecule has 16 heteroatoms. The van der Waals surface area contributed by atoms with Crippen molar-refractivity contribution in [2.24, 2.45) is 16.1 Å². The highest BCUT2D eigenvalue weighted by Crippen LogP contribution is 2.42. The number of aromatic hydroxyl groups is 1. The molecule has 1 aromatic heterocycles. The highest BCUT2D eigenvalue weighted by molar-refractivity contribution is 7.89. The first-order valence-corrected chi connectivity index (χ1v) is 14.1. The Balaban J connectivity index is 2.09. The van der Waals surface area contributed by atoms with E-state index in [9.17, 15) is 31.3 Å². The van der Waals surface area contributed by atoms with E-state index in [-0.39, 0.29) is 17.8 Å². The molecule has 5 N–H and O–H groups in total.